The predicted molar refractivity (Wildman–Crippen MR) is 94.1 cm³/mol. The lowest BCUT2D eigenvalue weighted by Gasteiger charge is -2.34. The maximum Gasteiger partial charge on any atom is 0.239 e. The van der Waals surface area contributed by atoms with Crippen molar-refractivity contribution in [1.29, 1.82) is 0 Å². The van der Waals surface area contributed by atoms with Gasteiger partial charge in [0.25, 0.3) is 0 Å². The summed E-state index contributed by atoms with van der Waals surface area (Å²) >= 11 is 0. The summed E-state index contributed by atoms with van der Waals surface area (Å²) in [5, 5.41) is 6.49. The van der Waals surface area contributed by atoms with Crippen LogP contribution in [0.1, 0.15) is 12.2 Å². The fourth-order valence-corrected chi connectivity index (χ4v) is 2.84. The van der Waals surface area contributed by atoms with Crippen LogP contribution in [-0.2, 0) is 11.2 Å². The van der Waals surface area contributed by atoms with Crippen molar-refractivity contribution in [2.45, 2.75) is 12.8 Å². The summed E-state index contributed by atoms with van der Waals surface area (Å²) in [6.07, 6.45) is 0.958. The highest BCUT2D eigenvalue weighted by molar-refractivity contribution is 5.76. The van der Waals surface area contributed by atoms with Crippen LogP contribution in [0.15, 0.2) is 30.3 Å². The van der Waals surface area contributed by atoms with E-state index in [1.165, 1.54) is 0 Å². The second-order valence-corrected chi connectivity index (χ2v) is 6.02. The number of hydrogen-bond donors (Lipinski definition) is 2. The standard InChI is InChI=1S/C17H24N6O2/c18-17-19-15(20-21-17)6-7-16(24)23-10-8-22(9-11-23)12-13-25-14-4-2-1-3-5-14/h1-5H,6-13H2,(H3,18,19,20,21). The van der Waals surface area contributed by atoms with Crippen LogP contribution in [0, 0.1) is 0 Å². The molecule has 0 saturated carbocycles. The molecule has 3 N–H and O–H groups in total. The second kappa shape index (κ2) is 8.48. The maximum absolute atomic E-state index is 12.3. The summed E-state index contributed by atoms with van der Waals surface area (Å²) in [5.74, 6) is 1.91. The molecule has 3 rings (SSSR count). The van der Waals surface area contributed by atoms with Crippen molar-refractivity contribution in [3.63, 3.8) is 0 Å². The summed E-state index contributed by atoms with van der Waals surface area (Å²) in [6.45, 7) is 4.78. The zero-order valence-electron chi connectivity index (χ0n) is 14.2. The average Bonchev–Trinajstić information content (AvgIpc) is 3.06. The van der Waals surface area contributed by atoms with Gasteiger partial charge in [0.15, 0.2) is 0 Å². The van der Waals surface area contributed by atoms with Gasteiger partial charge in [0.1, 0.15) is 18.2 Å². The number of aryl methyl sites for hydroxylation is 1. The highest BCUT2D eigenvalue weighted by Gasteiger charge is 2.21. The molecule has 1 aliphatic heterocycles. The number of amides is 1. The van der Waals surface area contributed by atoms with Crippen molar-refractivity contribution < 1.29 is 9.53 Å². The number of para-hydroxylation sites is 1. The smallest absolute Gasteiger partial charge is 0.239 e. The molecule has 1 aliphatic rings. The van der Waals surface area contributed by atoms with E-state index in [-0.39, 0.29) is 11.9 Å². The summed E-state index contributed by atoms with van der Waals surface area (Å²) in [6, 6.07) is 9.82. The minimum atomic E-state index is 0.148. The molecule has 2 heterocycles. The Hall–Kier alpha value is -2.61. The van der Waals surface area contributed by atoms with E-state index in [9.17, 15) is 4.79 Å². The lowest BCUT2D eigenvalue weighted by Crippen LogP contribution is -2.49. The Kier molecular flexibility index (Phi) is 5.84. The van der Waals surface area contributed by atoms with Gasteiger partial charge in [-0.15, -0.1) is 5.10 Å². The molecular weight excluding hydrogens is 320 g/mol. The van der Waals surface area contributed by atoms with E-state index < -0.39 is 0 Å². The van der Waals surface area contributed by atoms with E-state index in [4.69, 9.17) is 10.5 Å². The van der Waals surface area contributed by atoms with Crippen LogP contribution in [0.3, 0.4) is 0 Å². The molecule has 0 bridgehead atoms. The first-order valence-corrected chi connectivity index (χ1v) is 8.55. The fraction of sp³-hybridized carbons (Fsp3) is 0.471. The average molecular weight is 344 g/mol. The fourth-order valence-electron chi connectivity index (χ4n) is 2.84. The molecule has 8 nitrogen and oxygen atoms in total. The molecule has 0 spiro atoms. The number of anilines is 1. The number of hydrogen-bond acceptors (Lipinski definition) is 6. The molecule has 1 amide bonds. The molecule has 0 unspecified atom stereocenters. The highest BCUT2D eigenvalue weighted by atomic mass is 16.5. The number of benzene rings is 1. The molecule has 25 heavy (non-hydrogen) atoms. The summed E-state index contributed by atoms with van der Waals surface area (Å²) in [7, 11) is 0. The Morgan fingerprint density at radius 3 is 2.64 bits per heavy atom. The molecule has 1 aromatic carbocycles. The van der Waals surface area contributed by atoms with Crippen molar-refractivity contribution in [2.24, 2.45) is 0 Å². The van der Waals surface area contributed by atoms with Gasteiger partial charge in [0.2, 0.25) is 11.9 Å². The van der Waals surface area contributed by atoms with E-state index in [0.717, 1.165) is 38.5 Å². The van der Waals surface area contributed by atoms with Gasteiger partial charge >= 0.3 is 0 Å². The molecular formula is C17H24N6O2. The third-order valence-electron chi connectivity index (χ3n) is 4.27. The number of aromatic amines is 1. The number of nitrogens with zero attached hydrogens (tertiary/aromatic N) is 4. The maximum atomic E-state index is 12.3. The number of rotatable bonds is 7. The number of carbonyl (C=O) groups excluding carboxylic acids is 1. The zero-order chi connectivity index (χ0) is 17.5. The molecule has 0 radical (unpaired) electrons. The van der Waals surface area contributed by atoms with Gasteiger partial charge in [-0.3, -0.25) is 14.8 Å². The number of nitrogens with one attached hydrogen (secondary N) is 1. The molecule has 1 aromatic heterocycles. The number of ether oxygens (including phenoxy) is 1. The number of piperazine rings is 1. The van der Waals surface area contributed by atoms with Crippen molar-refractivity contribution in [1.82, 2.24) is 25.0 Å². The molecule has 1 saturated heterocycles. The van der Waals surface area contributed by atoms with Crippen molar-refractivity contribution in [2.75, 3.05) is 45.1 Å². The van der Waals surface area contributed by atoms with E-state index in [1.807, 2.05) is 35.2 Å². The topological polar surface area (TPSA) is 100 Å². The lowest BCUT2D eigenvalue weighted by atomic mass is 10.2. The minimum absolute atomic E-state index is 0.148. The normalized spacial score (nSPS) is 15.3. The van der Waals surface area contributed by atoms with Crippen LogP contribution >= 0.6 is 0 Å². The van der Waals surface area contributed by atoms with Crippen molar-refractivity contribution >= 4 is 11.9 Å². The Bertz CT molecular complexity index is 667. The number of nitrogens with two attached hydrogens (primary N) is 1. The van der Waals surface area contributed by atoms with Crippen LogP contribution < -0.4 is 10.5 Å². The van der Waals surface area contributed by atoms with Gasteiger partial charge in [-0.25, -0.2) is 0 Å². The van der Waals surface area contributed by atoms with Gasteiger partial charge in [-0.2, -0.15) is 4.98 Å². The van der Waals surface area contributed by atoms with Crippen LogP contribution in [-0.4, -0.2) is 70.2 Å². The first-order chi connectivity index (χ1) is 12.2. The lowest BCUT2D eigenvalue weighted by molar-refractivity contribution is -0.132. The Balaban J connectivity index is 1.33. The number of carbonyl (C=O) groups is 1. The van der Waals surface area contributed by atoms with Crippen LogP contribution in [0.25, 0.3) is 0 Å². The van der Waals surface area contributed by atoms with E-state index >= 15 is 0 Å². The monoisotopic (exact) mass is 344 g/mol. The van der Waals surface area contributed by atoms with Crippen molar-refractivity contribution in [3.05, 3.63) is 36.2 Å². The van der Waals surface area contributed by atoms with Crippen LogP contribution in [0.5, 0.6) is 5.75 Å². The number of H-pyrrole nitrogens is 1. The summed E-state index contributed by atoms with van der Waals surface area (Å²) in [5.41, 5.74) is 5.46. The van der Waals surface area contributed by atoms with Gasteiger partial charge in [-0.05, 0) is 12.1 Å². The quantitative estimate of drug-likeness (QED) is 0.760. The number of aromatic nitrogens is 3. The van der Waals surface area contributed by atoms with Crippen LogP contribution in [0.2, 0.25) is 0 Å². The first kappa shape index (κ1) is 17.2. The first-order valence-electron chi connectivity index (χ1n) is 8.55. The second-order valence-electron chi connectivity index (χ2n) is 6.02. The van der Waals surface area contributed by atoms with Crippen LogP contribution in [0.4, 0.5) is 5.95 Å². The van der Waals surface area contributed by atoms with E-state index in [1.54, 1.807) is 0 Å². The SMILES string of the molecule is Nc1n[nH]c(CCC(=O)N2CCN(CCOc3ccccc3)CC2)n1. The summed E-state index contributed by atoms with van der Waals surface area (Å²) < 4.78 is 5.72. The van der Waals surface area contributed by atoms with Crippen molar-refractivity contribution in [3.8, 4) is 5.75 Å². The molecule has 134 valence electrons. The summed E-state index contributed by atoms with van der Waals surface area (Å²) in [4.78, 5) is 20.5. The van der Waals surface area contributed by atoms with Gasteiger partial charge < -0.3 is 15.4 Å². The Morgan fingerprint density at radius 1 is 1.20 bits per heavy atom. The van der Waals surface area contributed by atoms with Gasteiger partial charge in [0.05, 0.1) is 0 Å². The number of nitrogen functional groups attached to an aromatic ring is 1. The Morgan fingerprint density at radius 2 is 1.96 bits per heavy atom. The van der Waals surface area contributed by atoms with E-state index in [0.29, 0.717) is 25.3 Å². The Labute approximate surface area is 147 Å². The minimum Gasteiger partial charge on any atom is -0.492 e. The predicted octanol–water partition coefficient (Wildman–Crippen LogP) is 0.543. The third-order valence-corrected chi connectivity index (χ3v) is 4.27. The van der Waals surface area contributed by atoms with Gasteiger partial charge in [0, 0.05) is 45.6 Å². The highest BCUT2D eigenvalue weighted by Crippen LogP contribution is 2.09. The zero-order valence-corrected chi connectivity index (χ0v) is 14.2. The molecule has 0 atom stereocenters. The molecule has 1 fully saturated rings. The third kappa shape index (κ3) is 5.18. The van der Waals surface area contributed by atoms with E-state index in [2.05, 4.69) is 20.1 Å². The molecule has 8 heteroatoms. The molecule has 2 aromatic rings. The molecule has 0 aliphatic carbocycles. The van der Waals surface area contributed by atoms with Gasteiger partial charge in [-0.1, -0.05) is 18.2 Å². The largest absolute Gasteiger partial charge is 0.492 e.